The van der Waals surface area contributed by atoms with Crippen LogP contribution in [0.4, 0.5) is 0 Å². The molecule has 1 aromatic rings. The summed E-state index contributed by atoms with van der Waals surface area (Å²) in [6.45, 7) is 2.87. The van der Waals surface area contributed by atoms with E-state index in [-0.39, 0.29) is 5.82 Å². The number of hydrogen-bond acceptors (Lipinski definition) is 5. The number of aryl methyl sites for hydroxylation is 1. The first kappa shape index (κ1) is 12.1. The molecule has 2 atom stereocenters. The molecule has 0 fully saturated rings. The molecule has 0 saturated carbocycles. The maximum atomic E-state index is 11.4. The van der Waals surface area contributed by atoms with Gasteiger partial charge in [-0.2, -0.15) is 0 Å². The third-order valence-corrected chi connectivity index (χ3v) is 1.84. The number of H-pyrrole nitrogens is 1. The Bertz CT molecular complexity index is 400. The van der Waals surface area contributed by atoms with E-state index in [0.29, 0.717) is 5.82 Å². The molecule has 8 nitrogen and oxygen atoms in total. The third-order valence-electron chi connectivity index (χ3n) is 1.84. The highest BCUT2D eigenvalue weighted by molar-refractivity contribution is 5.93. The van der Waals surface area contributed by atoms with Gasteiger partial charge in [0, 0.05) is 0 Å². The molecule has 88 valence electrons. The van der Waals surface area contributed by atoms with Gasteiger partial charge < -0.3 is 15.5 Å². The molecular formula is C8H12N4O4. The van der Waals surface area contributed by atoms with Crippen LogP contribution >= 0.6 is 0 Å². The van der Waals surface area contributed by atoms with Gasteiger partial charge in [0.15, 0.2) is 6.04 Å². The van der Waals surface area contributed by atoms with E-state index in [9.17, 15) is 9.59 Å². The minimum absolute atomic E-state index is 0.163. The molecule has 0 aliphatic heterocycles. The molecule has 0 saturated heterocycles. The van der Waals surface area contributed by atoms with Crippen molar-refractivity contribution in [1.29, 1.82) is 0 Å². The van der Waals surface area contributed by atoms with Crippen LogP contribution in [-0.2, 0) is 4.79 Å². The van der Waals surface area contributed by atoms with E-state index in [4.69, 9.17) is 10.2 Å². The van der Waals surface area contributed by atoms with E-state index >= 15 is 0 Å². The van der Waals surface area contributed by atoms with Gasteiger partial charge in [-0.15, -0.1) is 5.10 Å². The summed E-state index contributed by atoms with van der Waals surface area (Å²) < 4.78 is 0. The number of nitrogens with one attached hydrogen (secondary N) is 2. The third kappa shape index (κ3) is 2.76. The van der Waals surface area contributed by atoms with Crippen LogP contribution in [0.15, 0.2) is 0 Å². The normalized spacial score (nSPS) is 14.2. The van der Waals surface area contributed by atoms with Crippen LogP contribution in [0.25, 0.3) is 0 Å². The van der Waals surface area contributed by atoms with Crippen molar-refractivity contribution in [1.82, 2.24) is 20.5 Å². The van der Waals surface area contributed by atoms with Gasteiger partial charge in [0.2, 0.25) is 5.82 Å². The number of hydrogen-bond donors (Lipinski definition) is 4. The summed E-state index contributed by atoms with van der Waals surface area (Å²) in [6.07, 6.45) is -1.21. The Morgan fingerprint density at radius 2 is 2.12 bits per heavy atom. The number of aromatic nitrogens is 3. The van der Waals surface area contributed by atoms with Crippen molar-refractivity contribution < 1.29 is 19.8 Å². The number of carboxylic acids is 1. The number of aliphatic hydroxyl groups is 1. The number of amides is 1. The molecule has 0 spiro atoms. The lowest BCUT2D eigenvalue weighted by molar-refractivity contribution is -0.141. The van der Waals surface area contributed by atoms with Gasteiger partial charge in [-0.1, -0.05) is 0 Å². The van der Waals surface area contributed by atoms with Crippen LogP contribution in [0.1, 0.15) is 23.4 Å². The van der Waals surface area contributed by atoms with Gasteiger partial charge in [0.05, 0.1) is 6.10 Å². The molecule has 0 aromatic carbocycles. The predicted octanol–water partition coefficient (Wildman–Crippen LogP) is -1.32. The van der Waals surface area contributed by atoms with E-state index in [0.717, 1.165) is 0 Å². The molecule has 16 heavy (non-hydrogen) atoms. The van der Waals surface area contributed by atoms with Crippen LogP contribution in [-0.4, -0.2) is 49.4 Å². The van der Waals surface area contributed by atoms with Gasteiger partial charge >= 0.3 is 5.97 Å². The average molecular weight is 228 g/mol. The fraction of sp³-hybridized carbons (Fsp3) is 0.500. The van der Waals surface area contributed by atoms with E-state index in [1.807, 2.05) is 0 Å². The van der Waals surface area contributed by atoms with E-state index in [2.05, 4.69) is 20.5 Å². The Morgan fingerprint density at radius 1 is 1.50 bits per heavy atom. The van der Waals surface area contributed by atoms with Crippen LogP contribution in [0.2, 0.25) is 0 Å². The Kier molecular flexibility index (Phi) is 3.56. The number of carbonyl (C=O) groups excluding carboxylic acids is 1. The van der Waals surface area contributed by atoms with Crippen molar-refractivity contribution in [3.63, 3.8) is 0 Å². The number of nitrogens with zero attached hydrogens (tertiary/aromatic N) is 2. The van der Waals surface area contributed by atoms with Gasteiger partial charge in [-0.05, 0) is 13.8 Å². The fourth-order valence-electron chi connectivity index (χ4n) is 1.04. The first-order valence-corrected chi connectivity index (χ1v) is 4.52. The Labute approximate surface area is 90.7 Å². The van der Waals surface area contributed by atoms with Crippen molar-refractivity contribution >= 4 is 11.9 Å². The summed E-state index contributed by atoms with van der Waals surface area (Å²) >= 11 is 0. The topological polar surface area (TPSA) is 128 Å². The second-order valence-corrected chi connectivity index (χ2v) is 3.27. The molecule has 1 heterocycles. The standard InChI is InChI=1S/C8H12N4O4/c1-3(13)5(8(15)16)10-7(14)6-9-4(2)11-12-6/h3,5,13H,1-2H3,(H,10,14)(H,15,16)(H,9,11,12)/t3-,5+/m1/s1. The highest BCUT2D eigenvalue weighted by Crippen LogP contribution is 1.96. The maximum Gasteiger partial charge on any atom is 0.328 e. The predicted molar refractivity (Wildman–Crippen MR) is 51.7 cm³/mol. The Balaban J connectivity index is 2.73. The molecule has 4 N–H and O–H groups in total. The SMILES string of the molecule is Cc1nc(C(=O)N[C@H](C(=O)O)[C@@H](C)O)n[nH]1. The highest BCUT2D eigenvalue weighted by atomic mass is 16.4. The van der Waals surface area contributed by atoms with Crippen LogP contribution < -0.4 is 5.32 Å². The zero-order chi connectivity index (χ0) is 12.3. The number of rotatable bonds is 4. The van der Waals surface area contributed by atoms with E-state index in [1.54, 1.807) is 6.92 Å². The fourth-order valence-corrected chi connectivity index (χ4v) is 1.04. The lowest BCUT2D eigenvalue weighted by Crippen LogP contribution is -2.47. The van der Waals surface area contributed by atoms with Crippen molar-refractivity contribution in [3.05, 3.63) is 11.6 Å². The van der Waals surface area contributed by atoms with Crippen LogP contribution in [0, 0.1) is 6.92 Å². The first-order valence-electron chi connectivity index (χ1n) is 4.52. The van der Waals surface area contributed by atoms with Crippen molar-refractivity contribution in [2.75, 3.05) is 0 Å². The van der Waals surface area contributed by atoms with Crippen LogP contribution in [0.3, 0.4) is 0 Å². The highest BCUT2D eigenvalue weighted by Gasteiger charge is 2.26. The smallest absolute Gasteiger partial charge is 0.328 e. The molecule has 0 unspecified atom stereocenters. The van der Waals surface area contributed by atoms with Crippen molar-refractivity contribution in [3.8, 4) is 0 Å². The molecule has 0 radical (unpaired) electrons. The van der Waals surface area contributed by atoms with E-state index in [1.165, 1.54) is 6.92 Å². The number of carbonyl (C=O) groups is 2. The zero-order valence-electron chi connectivity index (χ0n) is 8.76. The van der Waals surface area contributed by atoms with Crippen molar-refractivity contribution in [2.45, 2.75) is 26.0 Å². The number of aliphatic hydroxyl groups excluding tert-OH is 1. The summed E-state index contributed by atoms with van der Waals surface area (Å²) in [6, 6.07) is -1.38. The van der Waals surface area contributed by atoms with Crippen LogP contribution in [0.5, 0.6) is 0 Å². The molecule has 1 amide bonds. The number of aromatic amines is 1. The molecule has 1 aromatic heterocycles. The minimum atomic E-state index is -1.38. The largest absolute Gasteiger partial charge is 0.480 e. The Hall–Kier alpha value is -1.96. The summed E-state index contributed by atoms with van der Waals surface area (Å²) in [5.74, 6) is -1.80. The van der Waals surface area contributed by atoms with Gasteiger partial charge in [0.25, 0.3) is 5.91 Å². The number of aliphatic carboxylic acids is 1. The number of carboxylic acid groups (broad SMARTS) is 1. The minimum Gasteiger partial charge on any atom is -0.480 e. The Morgan fingerprint density at radius 3 is 2.50 bits per heavy atom. The second kappa shape index (κ2) is 4.71. The average Bonchev–Trinajstić information content (AvgIpc) is 2.59. The molecule has 8 heteroatoms. The van der Waals surface area contributed by atoms with Gasteiger partial charge in [-0.3, -0.25) is 9.89 Å². The quantitative estimate of drug-likeness (QED) is 0.505. The second-order valence-electron chi connectivity index (χ2n) is 3.27. The molecule has 1 rings (SSSR count). The summed E-state index contributed by atoms with van der Waals surface area (Å²) in [5.41, 5.74) is 0. The summed E-state index contributed by atoms with van der Waals surface area (Å²) in [7, 11) is 0. The lowest BCUT2D eigenvalue weighted by Gasteiger charge is -2.15. The first-order chi connectivity index (χ1) is 7.41. The molecule has 0 aliphatic carbocycles. The summed E-state index contributed by atoms with van der Waals surface area (Å²) in [4.78, 5) is 25.9. The van der Waals surface area contributed by atoms with E-state index < -0.39 is 24.0 Å². The molecular weight excluding hydrogens is 216 g/mol. The molecule has 0 aliphatic rings. The van der Waals surface area contributed by atoms with Gasteiger partial charge in [-0.25, -0.2) is 9.78 Å². The summed E-state index contributed by atoms with van der Waals surface area (Å²) in [5, 5.41) is 26.0. The zero-order valence-corrected chi connectivity index (χ0v) is 8.76. The maximum absolute atomic E-state index is 11.4. The van der Waals surface area contributed by atoms with Gasteiger partial charge in [0.1, 0.15) is 5.82 Å². The van der Waals surface area contributed by atoms with Crippen molar-refractivity contribution in [2.24, 2.45) is 0 Å². The monoisotopic (exact) mass is 228 g/mol. The molecule has 0 bridgehead atoms. The lowest BCUT2D eigenvalue weighted by atomic mass is 10.2.